The number of benzene rings is 2. The minimum Gasteiger partial charge on any atom is -0.494 e. The molecule has 0 aliphatic rings. The highest BCUT2D eigenvalue weighted by atomic mass is 16.5. The van der Waals surface area contributed by atoms with Crippen molar-refractivity contribution in [1.29, 1.82) is 0 Å². The topological polar surface area (TPSA) is 64.3 Å². The standard InChI is InChI=1S/C18H22N2O2/c1-2-12-22-17-5-3-4-15(13-17)18(21)20-11-10-14-6-8-16(19)9-7-14/h3-9,13H,2,10-12,19H2,1H3,(H,20,21). The average molecular weight is 298 g/mol. The molecule has 4 heteroatoms. The van der Waals surface area contributed by atoms with Gasteiger partial charge in [0, 0.05) is 17.8 Å². The molecule has 1 amide bonds. The molecule has 0 spiro atoms. The Balaban J connectivity index is 1.85. The first kappa shape index (κ1) is 15.9. The zero-order valence-corrected chi connectivity index (χ0v) is 12.8. The van der Waals surface area contributed by atoms with Gasteiger partial charge in [-0.2, -0.15) is 0 Å². The van der Waals surface area contributed by atoms with E-state index in [1.807, 2.05) is 43.3 Å². The van der Waals surface area contributed by atoms with Crippen LogP contribution in [0.3, 0.4) is 0 Å². The molecule has 0 heterocycles. The molecule has 0 saturated carbocycles. The van der Waals surface area contributed by atoms with E-state index < -0.39 is 0 Å². The number of anilines is 1. The molecule has 0 radical (unpaired) electrons. The van der Waals surface area contributed by atoms with Gasteiger partial charge in [-0.1, -0.05) is 25.1 Å². The van der Waals surface area contributed by atoms with Gasteiger partial charge < -0.3 is 15.8 Å². The second kappa shape index (κ2) is 8.08. The fourth-order valence-electron chi connectivity index (χ4n) is 2.05. The van der Waals surface area contributed by atoms with Crippen LogP contribution < -0.4 is 15.8 Å². The summed E-state index contributed by atoms with van der Waals surface area (Å²) in [7, 11) is 0. The normalized spacial score (nSPS) is 10.2. The van der Waals surface area contributed by atoms with Crippen LogP contribution in [0.2, 0.25) is 0 Å². The van der Waals surface area contributed by atoms with Crippen LogP contribution in [0, 0.1) is 0 Å². The number of nitrogens with two attached hydrogens (primary N) is 1. The number of amides is 1. The summed E-state index contributed by atoms with van der Waals surface area (Å²) < 4.78 is 5.54. The molecule has 0 aliphatic carbocycles. The molecule has 0 bridgehead atoms. The number of nitrogens with one attached hydrogen (secondary N) is 1. The third-order valence-corrected chi connectivity index (χ3v) is 3.25. The maximum absolute atomic E-state index is 12.1. The fraction of sp³-hybridized carbons (Fsp3) is 0.278. The number of ether oxygens (including phenoxy) is 1. The fourth-order valence-corrected chi connectivity index (χ4v) is 2.05. The van der Waals surface area contributed by atoms with E-state index in [0.29, 0.717) is 18.7 Å². The van der Waals surface area contributed by atoms with Crippen LogP contribution in [-0.4, -0.2) is 19.1 Å². The van der Waals surface area contributed by atoms with Crippen LogP contribution in [0.5, 0.6) is 5.75 Å². The molecule has 2 rings (SSSR count). The van der Waals surface area contributed by atoms with E-state index in [9.17, 15) is 4.79 Å². The van der Waals surface area contributed by atoms with Gasteiger partial charge in [-0.25, -0.2) is 0 Å². The van der Waals surface area contributed by atoms with Gasteiger partial charge in [0.1, 0.15) is 5.75 Å². The summed E-state index contributed by atoms with van der Waals surface area (Å²) in [5.74, 6) is 0.644. The highest BCUT2D eigenvalue weighted by Gasteiger charge is 2.06. The van der Waals surface area contributed by atoms with Gasteiger partial charge in [0.15, 0.2) is 0 Å². The van der Waals surface area contributed by atoms with Crippen molar-refractivity contribution < 1.29 is 9.53 Å². The lowest BCUT2D eigenvalue weighted by Gasteiger charge is -2.08. The summed E-state index contributed by atoms with van der Waals surface area (Å²) in [6, 6.07) is 14.9. The van der Waals surface area contributed by atoms with E-state index in [1.54, 1.807) is 12.1 Å². The van der Waals surface area contributed by atoms with Crippen LogP contribution in [0.25, 0.3) is 0 Å². The van der Waals surface area contributed by atoms with Crippen molar-refractivity contribution in [2.75, 3.05) is 18.9 Å². The first-order chi connectivity index (χ1) is 10.7. The molecule has 0 atom stereocenters. The number of carbonyl (C=O) groups excluding carboxylic acids is 1. The van der Waals surface area contributed by atoms with Gasteiger partial charge >= 0.3 is 0 Å². The SMILES string of the molecule is CCCOc1cccc(C(=O)NCCc2ccc(N)cc2)c1. The Morgan fingerprint density at radius 2 is 1.95 bits per heavy atom. The summed E-state index contributed by atoms with van der Waals surface area (Å²) in [5.41, 5.74) is 8.16. The quantitative estimate of drug-likeness (QED) is 0.772. The van der Waals surface area contributed by atoms with E-state index in [0.717, 1.165) is 29.8 Å². The zero-order chi connectivity index (χ0) is 15.8. The van der Waals surface area contributed by atoms with Crippen molar-refractivity contribution >= 4 is 11.6 Å². The maximum Gasteiger partial charge on any atom is 0.251 e. The second-order valence-electron chi connectivity index (χ2n) is 5.12. The Morgan fingerprint density at radius 1 is 1.18 bits per heavy atom. The van der Waals surface area contributed by atoms with Crippen LogP contribution >= 0.6 is 0 Å². The minimum atomic E-state index is -0.0857. The maximum atomic E-state index is 12.1. The lowest BCUT2D eigenvalue weighted by atomic mass is 10.1. The Kier molecular flexibility index (Phi) is 5.83. The Bertz CT molecular complexity index is 609. The molecule has 0 saturated heterocycles. The summed E-state index contributed by atoms with van der Waals surface area (Å²) in [6.07, 6.45) is 1.72. The smallest absolute Gasteiger partial charge is 0.251 e. The molecule has 3 N–H and O–H groups in total. The van der Waals surface area contributed by atoms with Gasteiger partial charge in [0.25, 0.3) is 5.91 Å². The van der Waals surface area contributed by atoms with E-state index in [-0.39, 0.29) is 5.91 Å². The van der Waals surface area contributed by atoms with Crippen molar-refractivity contribution in [3.05, 3.63) is 59.7 Å². The lowest BCUT2D eigenvalue weighted by molar-refractivity contribution is 0.0953. The van der Waals surface area contributed by atoms with Gasteiger partial charge in [0.2, 0.25) is 0 Å². The summed E-state index contributed by atoms with van der Waals surface area (Å²) in [5, 5.41) is 2.92. The van der Waals surface area contributed by atoms with Gasteiger partial charge in [-0.05, 0) is 48.7 Å². The zero-order valence-electron chi connectivity index (χ0n) is 12.8. The summed E-state index contributed by atoms with van der Waals surface area (Å²) >= 11 is 0. The molecule has 0 aromatic heterocycles. The van der Waals surface area contributed by atoms with Crippen LogP contribution in [0.1, 0.15) is 29.3 Å². The molecule has 2 aromatic rings. The minimum absolute atomic E-state index is 0.0857. The first-order valence-electron chi connectivity index (χ1n) is 7.54. The largest absolute Gasteiger partial charge is 0.494 e. The van der Waals surface area contributed by atoms with Crippen LogP contribution in [-0.2, 0) is 6.42 Å². The van der Waals surface area contributed by atoms with Crippen molar-refractivity contribution in [3.63, 3.8) is 0 Å². The third kappa shape index (κ3) is 4.81. The van der Waals surface area contributed by atoms with Gasteiger partial charge in [0.05, 0.1) is 6.61 Å². The van der Waals surface area contributed by atoms with Crippen molar-refractivity contribution in [3.8, 4) is 5.75 Å². The van der Waals surface area contributed by atoms with Gasteiger partial charge in [-0.3, -0.25) is 4.79 Å². The molecule has 22 heavy (non-hydrogen) atoms. The highest BCUT2D eigenvalue weighted by Crippen LogP contribution is 2.13. The first-order valence-corrected chi connectivity index (χ1v) is 7.54. The predicted molar refractivity (Wildman–Crippen MR) is 89.1 cm³/mol. The third-order valence-electron chi connectivity index (χ3n) is 3.25. The molecular weight excluding hydrogens is 276 g/mol. The lowest BCUT2D eigenvalue weighted by Crippen LogP contribution is -2.25. The number of hydrogen-bond acceptors (Lipinski definition) is 3. The van der Waals surface area contributed by atoms with E-state index in [1.165, 1.54) is 0 Å². The van der Waals surface area contributed by atoms with Crippen LogP contribution in [0.15, 0.2) is 48.5 Å². The Hall–Kier alpha value is -2.49. The summed E-state index contributed by atoms with van der Waals surface area (Å²) in [6.45, 7) is 3.29. The van der Waals surface area contributed by atoms with Crippen molar-refractivity contribution in [2.45, 2.75) is 19.8 Å². The molecule has 0 unspecified atom stereocenters. The second-order valence-corrected chi connectivity index (χ2v) is 5.12. The molecule has 2 aromatic carbocycles. The van der Waals surface area contributed by atoms with Gasteiger partial charge in [-0.15, -0.1) is 0 Å². The van der Waals surface area contributed by atoms with Crippen molar-refractivity contribution in [1.82, 2.24) is 5.32 Å². The summed E-state index contributed by atoms with van der Waals surface area (Å²) in [4.78, 5) is 12.1. The number of carbonyl (C=O) groups is 1. The Labute approximate surface area is 131 Å². The molecule has 116 valence electrons. The Morgan fingerprint density at radius 3 is 2.68 bits per heavy atom. The number of rotatable bonds is 7. The van der Waals surface area contributed by atoms with E-state index in [2.05, 4.69) is 5.32 Å². The average Bonchev–Trinajstić information content (AvgIpc) is 2.55. The van der Waals surface area contributed by atoms with E-state index >= 15 is 0 Å². The van der Waals surface area contributed by atoms with Crippen LogP contribution in [0.4, 0.5) is 5.69 Å². The monoisotopic (exact) mass is 298 g/mol. The molecule has 0 fully saturated rings. The molecular formula is C18H22N2O2. The number of hydrogen-bond donors (Lipinski definition) is 2. The predicted octanol–water partition coefficient (Wildman–Crippen LogP) is 3.03. The van der Waals surface area contributed by atoms with Crippen molar-refractivity contribution in [2.24, 2.45) is 0 Å². The number of nitrogen functional groups attached to an aromatic ring is 1. The molecule has 4 nitrogen and oxygen atoms in total. The van der Waals surface area contributed by atoms with E-state index in [4.69, 9.17) is 10.5 Å². The molecule has 0 aliphatic heterocycles. The highest BCUT2D eigenvalue weighted by molar-refractivity contribution is 5.94.